The van der Waals surface area contributed by atoms with Crippen LogP contribution in [-0.4, -0.2) is 67.3 Å². The third-order valence-electron chi connectivity index (χ3n) is 3.21. The number of nitrogens with zero attached hydrogens (tertiary/aromatic N) is 2. The fraction of sp³-hybridized carbons (Fsp3) is 0.833. The van der Waals surface area contributed by atoms with Gasteiger partial charge in [-0.15, -0.1) is 0 Å². The molecule has 1 aliphatic heterocycles. The van der Waals surface area contributed by atoms with Crippen LogP contribution >= 0.6 is 0 Å². The van der Waals surface area contributed by atoms with Crippen LogP contribution in [0.5, 0.6) is 0 Å². The first-order chi connectivity index (χ1) is 8.56. The molecule has 0 spiro atoms. The molecule has 1 fully saturated rings. The van der Waals surface area contributed by atoms with E-state index < -0.39 is 11.9 Å². The largest absolute Gasteiger partial charge is 0.481 e. The van der Waals surface area contributed by atoms with E-state index in [1.807, 2.05) is 0 Å². The van der Waals surface area contributed by atoms with Crippen LogP contribution in [0.4, 0.5) is 4.79 Å². The number of piperidine rings is 1. The normalized spacial score (nSPS) is 19.7. The number of amides is 2. The van der Waals surface area contributed by atoms with Crippen molar-refractivity contribution < 1.29 is 19.4 Å². The van der Waals surface area contributed by atoms with Gasteiger partial charge in [0, 0.05) is 40.4 Å². The fourth-order valence-electron chi connectivity index (χ4n) is 2.14. The lowest BCUT2D eigenvalue weighted by atomic mass is 9.99. The van der Waals surface area contributed by atoms with E-state index in [4.69, 9.17) is 9.84 Å². The number of ether oxygens (including phenoxy) is 1. The highest BCUT2D eigenvalue weighted by atomic mass is 16.5. The number of carboxylic acid groups (broad SMARTS) is 1. The number of methoxy groups -OCH3 is 1. The van der Waals surface area contributed by atoms with E-state index in [1.54, 1.807) is 24.0 Å². The van der Waals surface area contributed by atoms with Crippen LogP contribution in [0.1, 0.15) is 19.3 Å². The van der Waals surface area contributed by atoms with Gasteiger partial charge in [-0.25, -0.2) is 4.79 Å². The summed E-state index contributed by atoms with van der Waals surface area (Å²) in [5, 5.41) is 8.98. The molecule has 2 amide bonds. The van der Waals surface area contributed by atoms with Gasteiger partial charge in [-0.3, -0.25) is 4.79 Å². The maximum Gasteiger partial charge on any atom is 0.319 e. The Labute approximate surface area is 107 Å². The average Bonchev–Trinajstić information content (AvgIpc) is 2.38. The lowest BCUT2D eigenvalue weighted by Gasteiger charge is -2.33. The summed E-state index contributed by atoms with van der Waals surface area (Å²) in [4.78, 5) is 26.3. The molecule has 1 rings (SSSR count). The predicted molar refractivity (Wildman–Crippen MR) is 66.5 cm³/mol. The molecule has 0 aromatic rings. The summed E-state index contributed by atoms with van der Waals surface area (Å²) < 4.78 is 4.94. The van der Waals surface area contributed by atoms with Crippen LogP contribution in [0, 0.1) is 5.92 Å². The number of urea groups is 1. The van der Waals surface area contributed by atoms with E-state index in [0.717, 1.165) is 12.8 Å². The summed E-state index contributed by atoms with van der Waals surface area (Å²) >= 11 is 0. The summed E-state index contributed by atoms with van der Waals surface area (Å²) in [6.07, 6.45) is 2.20. The van der Waals surface area contributed by atoms with Crippen LogP contribution in [0.15, 0.2) is 0 Å². The maximum absolute atomic E-state index is 12.1. The van der Waals surface area contributed by atoms with Crippen LogP contribution in [0.25, 0.3) is 0 Å². The van der Waals surface area contributed by atoms with Gasteiger partial charge in [-0.05, 0) is 19.3 Å². The van der Waals surface area contributed by atoms with Gasteiger partial charge in [0.05, 0.1) is 5.92 Å². The van der Waals surface area contributed by atoms with Crippen LogP contribution < -0.4 is 0 Å². The molecular formula is C12H22N2O4. The van der Waals surface area contributed by atoms with Crippen molar-refractivity contribution in [3.05, 3.63) is 0 Å². The summed E-state index contributed by atoms with van der Waals surface area (Å²) in [5.74, 6) is -1.23. The number of likely N-dealkylation sites (tertiary alicyclic amines) is 1. The zero-order chi connectivity index (χ0) is 13.5. The molecule has 0 bridgehead atoms. The van der Waals surface area contributed by atoms with E-state index in [-0.39, 0.29) is 6.03 Å². The first kappa shape index (κ1) is 14.8. The smallest absolute Gasteiger partial charge is 0.319 e. The van der Waals surface area contributed by atoms with Gasteiger partial charge in [0.1, 0.15) is 0 Å². The number of carbonyl (C=O) groups is 2. The highest BCUT2D eigenvalue weighted by Gasteiger charge is 2.29. The number of carboxylic acids is 1. The highest BCUT2D eigenvalue weighted by molar-refractivity contribution is 5.76. The first-order valence-corrected chi connectivity index (χ1v) is 6.28. The second kappa shape index (κ2) is 7.20. The van der Waals surface area contributed by atoms with Crippen molar-refractivity contribution in [1.82, 2.24) is 9.80 Å². The molecule has 0 radical (unpaired) electrons. The molecule has 0 aromatic carbocycles. The van der Waals surface area contributed by atoms with Crippen molar-refractivity contribution in [3.63, 3.8) is 0 Å². The molecule has 6 nitrogen and oxygen atoms in total. The Morgan fingerprint density at radius 1 is 1.50 bits per heavy atom. The number of carbonyl (C=O) groups excluding carboxylic acids is 1. The van der Waals surface area contributed by atoms with Gasteiger partial charge >= 0.3 is 12.0 Å². The van der Waals surface area contributed by atoms with E-state index in [1.165, 1.54) is 0 Å². The number of aliphatic carboxylic acids is 1. The number of rotatable bonds is 5. The molecule has 6 heteroatoms. The van der Waals surface area contributed by atoms with E-state index in [9.17, 15) is 9.59 Å². The molecule has 1 heterocycles. The number of hydrogen-bond acceptors (Lipinski definition) is 3. The Balaban J connectivity index is 2.42. The molecule has 1 atom stereocenters. The van der Waals surface area contributed by atoms with Gasteiger partial charge in [0.2, 0.25) is 0 Å². The minimum atomic E-state index is -0.811. The average molecular weight is 258 g/mol. The molecule has 1 aliphatic rings. The van der Waals surface area contributed by atoms with Crippen molar-refractivity contribution in [2.75, 3.05) is 40.4 Å². The molecule has 1 saturated heterocycles. The van der Waals surface area contributed by atoms with E-state index in [0.29, 0.717) is 32.7 Å². The Morgan fingerprint density at radius 3 is 2.83 bits per heavy atom. The van der Waals surface area contributed by atoms with E-state index in [2.05, 4.69) is 0 Å². The topological polar surface area (TPSA) is 70.1 Å². The lowest BCUT2D eigenvalue weighted by molar-refractivity contribution is -0.143. The van der Waals surface area contributed by atoms with Crippen LogP contribution in [0.3, 0.4) is 0 Å². The third-order valence-corrected chi connectivity index (χ3v) is 3.21. The zero-order valence-electron chi connectivity index (χ0n) is 11.1. The standard InChI is InChI=1S/C12H22N2O4/c1-13(6-4-8-18-2)12(17)14-7-3-5-10(9-14)11(15)16/h10H,3-9H2,1-2H3,(H,15,16)/t10-/m0/s1. The minimum Gasteiger partial charge on any atom is -0.481 e. The molecular weight excluding hydrogens is 236 g/mol. The molecule has 104 valence electrons. The molecule has 18 heavy (non-hydrogen) atoms. The van der Waals surface area contributed by atoms with Crippen LogP contribution in [-0.2, 0) is 9.53 Å². The van der Waals surface area contributed by atoms with Gasteiger partial charge in [-0.1, -0.05) is 0 Å². The van der Waals surface area contributed by atoms with Crippen molar-refractivity contribution in [3.8, 4) is 0 Å². The predicted octanol–water partition coefficient (Wildman–Crippen LogP) is 0.871. The second-order valence-corrected chi connectivity index (χ2v) is 4.67. The third kappa shape index (κ3) is 4.18. The summed E-state index contributed by atoms with van der Waals surface area (Å²) in [5.41, 5.74) is 0. The van der Waals surface area contributed by atoms with Crippen molar-refractivity contribution in [1.29, 1.82) is 0 Å². The monoisotopic (exact) mass is 258 g/mol. The van der Waals surface area contributed by atoms with Gasteiger partial charge in [-0.2, -0.15) is 0 Å². The molecule has 0 aromatic heterocycles. The van der Waals surface area contributed by atoms with Crippen molar-refractivity contribution >= 4 is 12.0 Å². The highest BCUT2D eigenvalue weighted by Crippen LogP contribution is 2.17. The maximum atomic E-state index is 12.1. The summed E-state index contributed by atoms with van der Waals surface area (Å²) in [6, 6.07) is -0.0861. The first-order valence-electron chi connectivity index (χ1n) is 6.28. The lowest BCUT2D eigenvalue weighted by Crippen LogP contribution is -2.47. The van der Waals surface area contributed by atoms with E-state index >= 15 is 0 Å². The van der Waals surface area contributed by atoms with Crippen LogP contribution in [0.2, 0.25) is 0 Å². The Morgan fingerprint density at radius 2 is 2.22 bits per heavy atom. The molecule has 0 unspecified atom stereocenters. The second-order valence-electron chi connectivity index (χ2n) is 4.67. The minimum absolute atomic E-state index is 0.0861. The van der Waals surface area contributed by atoms with Gasteiger partial charge in [0.15, 0.2) is 0 Å². The van der Waals surface area contributed by atoms with Crippen molar-refractivity contribution in [2.24, 2.45) is 5.92 Å². The van der Waals surface area contributed by atoms with Gasteiger partial charge < -0.3 is 19.6 Å². The fourth-order valence-corrected chi connectivity index (χ4v) is 2.14. The molecule has 1 N–H and O–H groups in total. The Hall–Kier alpha value is -1.30. The summed E-state index contributed by atoms with van der Waals surface area (Å²) in [6.45, 7) is 2.22. The Bertz CT molecular complexity index is 296. The number of hydrogen-bond donors (Lipinski definition) is 1. The molecule has 0 aliphatic carbocycles. The summed E-state index contributed by atoms with van der Waals surface area (Å²) in [7, 11) is 3.37. The van der Waals surface area contributed by atoms with Gasteiger partial charge in [0.25, 0.3) is 0 Å². The quantitative estimate of drug-likeness (QED) is 0.743. The van der Waals surface area contributed by atoms with Crippen molar-refractivity contribution in [2.45, 2.75) is 19.3 Å². The SMILES string of the molecule is COCCCN(C)C(=O)N1CCC[C@H](C(=O)O)C1. The Kier molecular flexibility index (Phi) is 5.91. The zero-order valence-corrected chi connectivity index (χ0v) is 11.1. The molecule has 0 saturated carbocycles.